The minimum absolute atomic E-state index is 0. The molecule has 2 aromatic carbocycles. The van der Waals surface area contributed by atoms with Gasteiger partial charge in [0.15, 0.2) is 0 Å². The molecule has 9 heteroatoms. The first kappa shape index (κ1) is 29.3. The van der Waals surface area contributed by atoms with Crippen LogP contribution < -0.4 is 10.2 Å². The fraction of sp³-hybridized carbons (Fsp3) is 0.393. The number of nitrogens with zero attached hydrogens (tertiary/aromatic N) is 3. The summed E-state index contributed by atoms with van der Waals surface area (Å²) in [6, 6.07) is 17.3. The standard InChI is InChI=1S/C28H33Cl2FN4O.ClH/c1-3-12-35-20(2)23(17-26(35)21-8-5-4-6-9-21)28(36)32-19-22(18-31)33-13-15-34(16-14-33)25-11-7-10-24(29)27(25)30;/h4-11,17,22H,3,12-16,18-19H2,1-2H3,(H,32,36);1H. The molecular formula is C28H34Cl3FN4O. The molecule has 1 unspecified atom stereocenters. The smallest absolute Gasteiger partial charge is 0.253 e. The largest absolute Gasteiger partial charge is 0.368 e. The zero-order chi connectivity index (χ0) is 25.7. The highest BCUT2D eigenvalue weighted by Gasteiger charge is 2.26. The number of rotatable bonds is 9. The van der Waals surface area contributed by atoms with Crippen molar-refractivity contribution in [2.24, 2.45) is 0 Å². The molecule has 1 atom stereocenters. The highest BCUT2D eigenvalue weighted by Crippen LogP contribution is 2.33. The highest BCUT2D eigenvalue weighted by atomic mass is 35.5. The summed E-state index contributed by atoms with van der Waals surface area (Å²) in [5.74, 6) is -0.165. The van der Waals surface area contributed by atoms with Crippen LogP contribution in [0.5, 0.6) is 0 Å². The molecule has 4 rings (SSSR count). The Hall–Kier alpha value is -2.25. The molecule has 1 saturated heterocycles. The summed E-state index contributed by atoms with van der Waals surface area (Å²) in [6.45, 7) is 7.44. The zero-order valence-corrected chi connectivity index (χ0v) is 23.6. The molecule has 0 spiro atoms. The average Bonchev–Trinajstić information content (AvgIpc) is 3.23. The number of carbonyl (C=O) groups excluding carboxylic acids is 1. The van der Waals surface area contributed by atoms with Gasteiger partial charge in [-0.3, -0.25) is 9.69 Å². The van der Waals surface area contributed by atoms with E-state index in [0.29, 0.717) is 41.8 Å². The third-order valence-corrected chi connectivity index (χ3v) is 7.72. The van der Waals surface area contributed by atoms with Crippen LogP contribution >= 0.6 is 35.6 Å². The molecule has 1 aromatic heterocycles. The maximum absolute atomic E-state index is 14.1. The monoisotopic (exact) mass is 566 g/mol. The number of amides is 1. The third kappa shape index (κ3) is 6.61. The lowest BCUT2D eigenvalue weighted by Gasteiger charge is -2.39. The van der Waals surface area contributed by atoms with Crippen LogP contribution in [-0.2, 0) is 6.54 Å². The molecule has 37 heavy (non-hydrogen) atoms. The van der Waals surface area contributed by atoms with Crippen LogP contribution in [0, 0.1) is 6.92 Å². The lowest BCUT2D eigenvalue weighted by Crippen LogP contribution is -2.54. The predicted octanol–water partition coefficient (Wildman–Crippen LogP) is 6.49. The topological polar surface area (TPSA) is 40.5 Å². The van der Waals surface area contributed by atoms with Gasteiger partial charge in [-0.15, -0.1) is 12.4 Å². The van der Waals surface area contributed by atoms with E-state index in [1.54, 1.807) is 6.07 Å². The van der Waals surface area contributed by atoms with Gasteiger partial charge in [0.2, 0.25) is 0 Å². The maximum atomic E-state index is 14.1. The van der Waals surface area contributed by atoms with Crippen molar-refractivity contribution in [1.29, 1.82) is 0 Å². The number of hydrogen-bond donors (Lipinski definition) is 1. The van der Waals surface area contributed by atoms with Gasteiger partial charge in [0.1, 0.15) is 6.67 Å². The van der Waals surface area contributed by atoms with Gasteiger partial charge in [-0.25, -0.2) is 4.39 Å². The van der Waals surface area contributed by atoms with Crippen LogP contribution in [-0.4, -0.2) is 60.8 Å². The third-order valence-electron chi connectivity index (χ3n) is 6.91. The van der Waals surface area contributed by atoms with E-state index in [0.717, 1.165) is 35.6 Å². The van der Waals surface area contributed by atoms with Crippen LogP contribution in [0.2, 0.25) is 10.0 Å². The Bertz CT molecular complexity index is 1180. The number of halogens is 4. The van der Waals surface area contributed by atoms with Crippen LogP contribution in [0.1, 0.15) is 29.4 Å². The number of aromatic nitrogens is 1. The molecular weight excluding hydrogens is 534 g/mol. The van der Waals surface area contributed by atoms with Gasteiger partial charge in [-0.2, -0.15) is 0 Å². The summed E-state index contributed by atoms with van der Waals surface area (Å²) in [6.07, 6.45) is 0.965. The van der Waals surface area contributed by atoms with Crippen LogP contribution in [0.25, 0.3) is 11.3 Å². The maximum Gasteiger partial charge on any atom is 0.253 e. The first-order chi connectivity index (χ1) is 17.4. The molecule has 1 aliphatic rings. The minimum atomic E-state index is -0.525. The Morgan fingerprint density at radius 1 is 1.05 bits per heavy atom. The summed E-state index contributed by atoms with van der Waals surface area (Å²) in [4.78, 5) is 17.4. The van der Waals surface area contributed by atoms with E-state index in [2.05, 4.69) is 38.7 Å². The normalized spacial score (nSPS) is 14.8. The van der Waals surface area contributed by atoms with Crippen molar-refractivity contribution in [1.82, 2.24) is 14.8 Å². The molecule has 200 valence electrons. The van der Waals surface area contributed by atoms with E-state index in [-0.39, 0.29) is 30.9 Å². The Kier molecular flexibility index (Phi) is 10.7. The summed E-state index contributed by atoms with van der Waals surface area (Å²) >= 11 is 12.6. The number of piperazine rings is 1. The SMILES string of the molecule is CCCn1c(-c2ccccc2)cc(C(=O)NCC(CF)N2CCN(c3cccc(Cl)c3Cl)CC2)c1C.Cl. The fourth-order valence-electron chi connectivity index (χ4n) is 4.89. The number of carbonyl (C=O) groups is 1. The van der Waals surface area contributed by atoms with E-state index in [1.807, 2.05) is 43.3 Å². The number of hydrogen-bond acceptors (Lipinski definition) is 3. The number of benzene rings is 2. The Morgan fingerprint density at radius 2 is 1.76 bits per heavy atom. The number of nitrogens with one attached hydrogen (secondary N) is 1. The summed E-state index contributed by atoms with van der Waals surface area (Å²) in [5.41, 5.74) is 4.57. The Balaban J connectivity index is 0.00000380. The van der Waals surface area contributed by atoms with Gasteiger partial charge in [0.05, 0.1) is 27.3 Å². The molecule has 0 radical (unpaired) electrons. The lowest BCUT2D eigenvalue weighted by atomic mass is 10.1. The second-order valence-electron chi connectivity index (χ2n) is 9.16. The Labute approximate surface area is 234 Å². The second-order valence-corrected chi connectivity index (χ2v) is 9.95. The Morgan fingerprint density at radius 3 is 2.41 bits per heavy atom. The van der Waals surface area contributed by atoms with Crippen molar-refractivity contribution in [2.45, 2.75) is 32.9 Å². The predicted molar refractivity (Wildman–Crippen MR) is 154 cm³/mol. The van der Waals surface area contributed by atoms with Gasteiger partial charge < -0.3 is 14.8 Å². The molecule has 2 heterocycles. The fourth-order valence-corrected chi connectivity index (χ4v) is 5.30. The molecule has 1 aliphatic heterocycles. The quantitative estimate of drug-likeness (QED) is 0.321. The molecule has 1 fully saturated rings. The van der Waals surface area contributed by atoms with E-state index in [1.165, 1.54) is 0 Å². The van der Waals surface area contributed by atoms with Crippen molar-refractivity contribution in [3.63, 3.8) is 0 Å². The van der Waals surface area contributed by atoms with Crippen molar-refractivity contribution in [3.05, 3.63) is 75.9 Å². The number of anilines is 1. The summed E-state index contributed by atoms with van der Waals surface area (Å²) in [7, 11) is 0. The van der Waals surface area contributed by atoms with Gasteiger partial charge in [0, 0.05) is 50.7 Å². The molecule has 0 aliphatic carbocycles. The van der Waals surface area contributed by atoms with Crippen molar-refractivity contribution >= 4 is 47.2 Å². The first-order valence-corrected chi connectivity index (χ1v) is 13.2. The number of alkyl halides is 1. The summed E-state index contributed by atoms with van der Waals surface area (Å²) < 4.78 is 16.2. The molecule has 0 saturated carbocycles. The molecule has 1 N–H and O–H groups in total. The van der Waals surface area contributed by atoms with E-state index in [9.17, 15) is 9.18 Å². The van der Waals surface area contributed by atoms with Gasteiger partial charge >= 0.3 is 0 Å². The zero-order valence-electron chi connectivity index (χ0n) is 21.2. The van der Waals surface area contributed by atoms with E-state index >= 15 is 0 Å². The van der Waals surface area contributed by atoms with Crippen LogP contribution in [0.4, 0.5) is 10.1 Å². The minimum Gasteiger partial charge on any atom is -0.368 e. The van der Waals surface area contributed by atoms with E-state index in [4.69, 9.17) is 23.2 Å². The summed E-state index contributed by atoms with van der Waals surface area (Å²) in [5, 5.41) is 4.07. The van der Waals surface area contributed by atoms with Gasteiger partial charge in [-0.1, -0.05) is 66.5 Å². The van der Waals surface area contributed by atoms with Gasteiger partial charge in [0.25, 0.3) is 5.91 Å². The highest BCUT2D eigenvalue weighted by molar-refractivity contribution is 6.43. The van der Waals surface area contributed by atoms with Crippen LogP contribution in [0.3, 0.4) is 0 Å². The van der Waals surface area contributed by atoms with Crippen LogP contribution in [0.15, 0.2) is 54.6 Å². The second kappa shape index (κ2) is 13.5. The first-order valence-electron chi connectivity index (χ1n) is 12.5. The molecule has 1 amide bonds. The van der Waals surface area contributed by atoms with Gasteiger partial charge in [-0.05, 0) is 37.1 Å². The molecule has 3 aromatic rings. The molecule has 5 nitrogen and oxygen atoms in total. The van der Waals surface area contributed by atoms with Crippen molar-refractivity contribution in [3.8, 4) is 11.3 Å². The van der Waals surface area contributed by atoms with Crippen molar-refractivity contribution in [2.75, 3.05) is 44.3 Å². The van der Waals surface area contributed by atoms with Crippen molar-refractivity contribution < 1.29 is 9.18 Å². The lowest BCUT2D eigenvalue weighted by molar-refractivity contribution is 0.0919. The van der Waals surface area contributed by atoms with E-state index < -0.39 is 6.67 Å². The average molecular weight is 568 g/mol. The molecule has 0 bridgehead atoms.